The molecule has 23 heavy (non-hydrogen) atoms. The second-order valence-corrected chi connectivity index (χ2v) is 5.10. The Hall–Kier alpha value is -1.90. The molecule has 0 bridgehead atoms. The molecule has 3 heteroatoms. The van der Waals surface area contributed by atoms with Crippen LogP contribution in [0.3, 0.4) is 0 Å². The summed E-state index contributed by atoms with van der Waals surface area (Å²) in [6.07, 6.45) is 20.5. The minimum atomic E-state index is -0.711. The first-order valence-corrected chi connectivity index (χ1v) is 8.44. The summed E-state index contributed by atoms with van der Waals surface area (Å²) in [4.78, 5) is 20.9. The lowest BCUT2D eigenvalue weighted by Gasteiger charge is -1.89. The van der Waals surface area contributed by atoms with Crippen molar-refractivity contribution in [1.82, 2.24) is 0 Å². The van der Waals surface area contributed by atoms with Gasteiger partial charge in [0.25, 0.3) is 0 Å². The van der Waals surface area contributed by atoms with E-state index in [1.54, 1.807) is 12.2 Å². The molecule has 0 amide bonds. The molecule has 0 aromatic carbocycles. The number of carboxylic acids is 1. The van der Waals surface area contributed by atoms with Crippen molar-refractivity contribution >= 4 is 11.8 Å². The van der Waals surface area contributed by atoms with Crippen molar-refractivity contribution in [3.8, 4) is 0 Å². The third kappa shape index (κ3) is 25.4. The van der Waals surface area contributed by atoms with Crippen molar-refractivity contribution in [1.29, 1.82) is 0 Å². The zero-order valence-electron chi connectivity index (χ0n) is 14.7. The topological polar surface area (TPSA) is 54.4 Å². The average Bonchev–Trinajstić information content (AvgIpc) is 2.51. The third-order valence-corrected chi connectivity index (χ3v) is 2.77. The number of unbranched alkanes of at least 4 members (excludes halogenated alkanes) is 4. The molecule has 0 rings (SSSR count). The Morgan fingerprint density at radius 3 is 2.17 bits per heavy atom. The highest BCUT2D eigenvalue weighted by Gasteiger charge is 1.87. The number of carbonyl (C=O) groups is 2. The first kappa shape index (κ1) is 23.4. The van der Waals surface area contributed by atoms with E-state index in [2.05, 4.69) is 19.6 Å². The van der Waals surface area contributed by atoms with E-state index >= 15 is 0 Å². The molecule has 3 nitrogen and oxygen atoms in total. The molecular weight excluding hydrogens is 288 g/mol. The molecule has 130 valence electrons. The number of carbonyl (C=O) groups excluding carboxylic acids is 1. The van der Waals surface area contributed by atoms with Crippen LogP contribution in [0, 0.1) is 0 Å². The minimum Gasteiger partial charge on any atom is -0.481 e. The van der Waals surface area contributed by atoms with Crippen molar-refractivity contribution in [3.63, 3.8) is 0 Å². The largest absolute Gasteiger partial charge is 0.481 e. The summed E-state index contributed by atoms with van der Waals surface area (Å²) in [7, 11) is 0. The standard InChI is InChI=1S/C16H24O.C4H8O2/c1-3-5-7-9-10-11-13-15-16(17)14-12-8-6-4-2;1-2-3-4(5)6/h4,10-15H,2-3,5-9H2,1H3;2-3H2,1H3,(H,5,6)/b11-10+,14-12-,15-13+;. The van der Waals surface area contributed by atoms with E-state index in [9.17, 15) is 9.59 Å². The zero-order chi connectivity index (χ0) is 17.8. The maximum absolute atomic E-state index is 11.3. The van der Waals surface area contributed by atoms with Crippen LogP contribution in [-0.4, -0.2) is 16.9 Å². The molecule has 0 saturated heterocycles. The number of carboxylic acid groups (broad SMARTS) is 1. The van der Waals surface area contributed by atoms with Gasteiger partial charge in [0.2, 0.25) is 0 Å². The lowest BCUT2D eigenvalue weighted by Crippen LogP contribution is -1.90. The maximum atomic E-state index is 11.3. The average molecular weight is 320 g/mol. The summed E-state index contributed by atoms with van der Waals surface area (Å²) in [6, 6.07) is 0. The molecule has 0 spiro atoms. The van der Waals surface area contributed by atoms with Gasteiger partial charge in [-0.15, -0.1) is 6.58 Å². The van der Waals surface area contributed by atoms with Crippen LogP contribution in [0.4, 0.5) is 0 Å². The molecule has 0 aliphatic carbocycles. The summed E-state index contributed by atoms with van der Waals surface area (Å²) >= 11 is 0. The lowest BCUT2D eigenvalue weighted by molar-refractivity contribution is -0.137. The Balaban J connectivity index is 0. The molecule has 0 aromatic rings. The van der Waals surface area contributed by atoms with Gasteiger partial charge in [-0.2, -0.15) is 0 Å². The van der Waals surface area contributed by atoms with Gasteiger partial charge >= 0.3 is 5.97 Å². The summed E-state index contributed by atoms with van der Waals surface area (Å²) in [5, 5.41) is 7.91. The van der Waals surface area contributed by atoms with E-state index < -0.39 is 5.97 Å². The molecule has 0 atom stereocenters. The van der Waals surface area contributed by atoms with E-state index in [4.69, 9.17) is 5.11 Å². The van der Waals surface area contributed by atoms with Gasteiger partial charge in [0.15, 0.2) is 5.78 Å². The second kappa shape index (κ2) is 20.1. The van der Waals surface area contributed by atoms with Gasteiger partial charge in [-0.25, -0.2) is 0 Å². The fraction of sp³-hybridized carbons (Fsp3) is 0.500. The Morgan fingerprint density at radius 2 is 1.65 bits per heavy atom. The van der Waals surface area contributed by atoms with Crippen LogP contribution in [0.25, 0.3) is 0 Å². The van der Waals surface area contributed by atoms with Crippen molar-refractivity contribution in [2.75, 3.05) is 0 Å². The molecule has 0 radical (unpaired) electrons. The SMILES string of the molecule is C=CCC/C=C\C(=O)/C=C/C=C/CCCCC.CCCC(=O)O. The molecule has 1 N–H and O–H groups in total. The Labute approximate surface area is 141 Å². The van der Waals surface area contributed by atoms with Gasteiger partial charge in [0.05, 0.1) is 0 Å². The first-order chi connectivity index (χ1) is 11.1. The highest BCUT2D eigenvalue weighted by molar-refractivity contribution is 5.99. The Kier molecular flexibility index (Phi) is 20.4. The van der Waals surface area contributed by atoms with Crippen LogP contribution in [-0.2, 0) is 9.59 Å². The smallest absolute Gasteiger partial charge is 0.303 e. The third-order valence-electron chi connectivity index (χ3n) is 2.77. The summed E-state index contributed by atoms with van der Waals surface area (Å²) in [5.41, 5.74) is 0. The van der Waals surface area contributed by atoms with Crippen LogP contribution >= 0.6 is 0 Å². The van der Waals surface area contributed by atoms with E-state index in [-0.39, 0.29) is 5.78 Å². The molecule has 0 fully saturated rings. The number of ketones is 1. The monoisotopic (exact) mass is 320 g/mol. The van der Waals surface area contributed by atoms with Gasteiger partial charge in [-0.1, -0.05) is 57.1 Å². The van der Waals surface area contributed by atoms with Gasteiger partial charge < -0.3 is 5.11 Å². The van der Waals surface area contributed by atoms with Gasteiger partial charge in [-0.3, -0.25) is 9.59 Å². The van der Waals surface area contributed by atoms with Crippen molar-refractivity contribution in [2.24, 2.45) is 0 Å². The molecule has 0 unspecified atom stereocenters. The molecule has 0 aliphatic rings. The van der Waals surface area contributed by atoms with E-state index in [0.29, 0.717) is 6.42 Å². The molecule has 0 aromatic heterocycles. The van der Waals surface area contributed by atoms with E-state index in [1.807, 2.05) is 31.2 Å². The van der Waals surface area contributed by atoms with Gasteiger partial charge in [0.1, 0.15) is 0 Å². The van der Waals surface area contributed by atoms with Crippen LogP contribution < -0.4 is 0 Å². The van der Waals surface area contributed by atoms with Gasteiger partial charge in [-0.05, 0) is 44.3 Å². The lowest BCUT2D eigenvalue weighted by atomic mass is 10.2. The molecule has 0 saturated carbocycles. The predicted octanol–water partition coefficient (Wildman–Crippen LogP) is 5.64. The number of rotatable bonds is 12. The fourth-order valence-electron chi connectivity index (χ4n) is 1.52. The predicted molar refractivity (Wildman–Crippen MR) is 98.5 cm³/mol. The van der Waals surface area contributed by atoms with Gasteiger partial charge in [0, 0.05) is 6.42 Å². The Morgan fingerprint density at radius 1 is 0.913 bits per heavy atom. The van der Waals surface area contributed by atoms with Crippen molar-refractivity contribution in [2.45, 2.75) is 65.2 Å². The van der Waals surface area contributed by atoms with Crippen LogP contribution in [0.2, 0.25) is 0 Å². The molecule has 0 heterocycles. The minimum absolute atomic E-state index is 0.0484. The van der Waals surface area contributed by atoms with Crippen molar-refractivity contribution < 1.29 is 14.7 Å². The van der Waals surface area contributed by atoms with E-state index in [1.165, 1.54) is 19.3 Å². The number of hydrogen-bond acceptors (Lipinski definition) is 2. The number of allylic oxidation sites excluding steroid dienone is 7. The van der Waals surface area contributed by atoms with Crippen LogP contribution in [0.1, 0.15) is 65.2 Å². The quantitative estimate of drug-likeness (QED) is 0.219. The second-order valence-electron chi connectivity index (χ2n) is 5.10. The van der Waals surface area contributed by atoms with Crippen LogP contribution in [0.15, 0.2) is 49.1 Å². The highest BCUT2D eigenvalue weighted by atomic mass is 16.4. The number of hydrogen-bond donors (Lipinski definition) is 1. The zero-order valence-corrected chi connectivity index (χ0v) is 14.7. The first-order valence-electron chi connectivity index (χ1n) is 8.44. The number of aliphatic carboxylic acids is 1. The highest BCUT2D eigenvalue weighted by Crippen LogP contribution is 1.99. The van der Waals surface area contributed by atoms with Crippen molar-refractivity contribution in [3.05, 3.63) is 49.1 Å². The molecule has 0 aliphatic heterocycles. The normalized spacial score (nSPS) is 10.9. The Bertz CT molecular complexity index is 390. The fourth-order valence-corrected chi connectivity index (χ4v) is 1.52. The summed E-state index contributed by atoms with van der Waals surface area (Å²) in [5.74, 6) is -0.662. The van der Waals surface area contributed by atoms with E-state index in [0.717, 1.165) is 25.7 Å². The van der Waals surface area contributed by atoms with Crippen LogP contribution in [0.5, 0.6) is 0 Å². The molecular formula is C20H32O3. The summed E-state index contributed by atoms with van der Waals surface area (Å²) < 4.78 is 0. The summed E-state index contributed by atoms with van der Waals surface area (Å²) in [6.45, 7) is 7.66. The maximum Gasteiger partial charge on any atom is 0.303 e.